The maximum atomic E-state index is 10.1. The summed E-state index contributed by atoms with van der Waals surface area (Å²) in [5.41, 5.74) is 2.24. The van der Waals surface area contributed by atoms with Crippen LogP contribution in [-0.4, -0.2) is 54.3 Å². The van der Waals surface area contributed by atoms with Crippen LogP contribution in [0.4, 0.5) is 5.82 Å². The number of halogens is 1. The molecule has 2 saturated heterocycles. The molecule has 25 heavy (non-hydrogen) atoms. The van der Waals surface area contributed by atoms with Crippen LogP contribution in [-0.2, 0) is 0 Å². The van der Waals surface area contributed by atoms with Gasteiger partial charge in [0, 0.05) is 35.0 Å². The number of likely N-dealkylation sites (N-methyl/N-ethyl adjacent to an activating group) is 1. The molecule has 0 bridgehead atoms. The van der Waals surface area contributed by atoms with Crippen LogP contribution >= 0.6 is 11.6 Å². The second-order valence-electron chi connectivity index (χ2n) is 7.78. The number of hydrogen-bond acceptors (Lipinski definition) is 4. The molecule has 0 amide bonds. The van der Waals surface area contributed by atoms with Gasteiger partial charge in [0.05, 0.1) is 12.1 Å². The Balaban J connectivity index is 1.68. The third-order valence-electron chi connectivity index (χ3n) is 6.30. The highest BCUT2D eigenvalue weighted by Gasteiger charge is 2.46. The van der Waals surface area contributed by atoms with Crippen molar-refractivity contribution in [2.24, 2.45) is 5.41 Å². The molecule has 134 valence electrons. The number of aryl methyl sites for hydroxylation is 1. The number of aromatic nitrogens is 1. The number of rotatable bonds is 2. The molecule has 2 aliphatic rings. The second kappa shape index (κ2) is 6.42. The van der Waals surface area contributed by atoms with Crippen LogP contribution in [0.3, 0.4) is 0 Å². The molecule has 3 heterocycles. The fraction of sp³-hybridized carbons (Fsp3) is 0.550. The number of aliphatic hydroxyl groups excluding tert-OH is 1. The highest BCUT2D eigenvalue weighted by molar-refractivity contribution is 6.31. The Bertz CT molecular complexity index is 796. The van der Waals surface area contributed by atoms with Crippen molar-refractivity contribution in [1.82, 2.24) is 9.88 Å². The zero-order valence-electron chi connectivity index (χ0n) is 15.0. The van der Waals surface area contributed by atoms with Crippen LogP contribution in [0.25, 0.3) is 10.9 Å². The number of aliphatic hydroxyl groups is 1. The molecule has 0 spiro atoms. The van der Waals surface area contributed by atoms with Crippen LogP contribution in [0.2, 0.25) is 5.02 Å². The number of piperidine rings is 2. The molecule has 1 N–H and O–H groups in total. The SMILES string of the molecule is Cc1cc(N2CC[C@@]3(CO)CCCN(C)[C@@H]3C2)nc2cc(Cl)ccc12. The molecule has 4 nitrogen and oxygen atoms in total. The summed E-state index contributed by atoms with van der Waals surface area (Å²) in [7, 11) is 2.19. The van der Waals surface area contributed by atoms with Gasteiger partial charge in [0.1, 0.15) is 5.82 Å². The van der Waals surface area contributed by atoms with Crippen molar-refractivity contribution in [2.75, 3.05) is 38.2 Å². The minimum atomic E-state index is 0.0543. The summed E-state index contributed by atoms with van der Waals surface area (Å²) in [6.45, 7) is 5.41. The number of hydrogen-bond donors (Lipinski definition) is 1. The van der Waals surface area contributed by atoms with Crippen LogP contribution in [0.15, 0.2) is 24.3 Å². The number of benzene rings is 1. The van der Waals surface area contributed by atoms with Gasteiger partial charge in [-0.2, -0.15) is 0 Å². The smallest absolute Gasteiger partial charge is 0.129 e. The van der Waals surface area contributed by atoms with E-state index in [1.165, 1.54) is 12.0 Å². The Labute approximate surface area is 154 Å². The summed E-state index contributed by atoms with van der Waals surface area (Å²) in [6, 6.07) is 8.49. The third-order valence-corrected chi connectivity index (χ3v) is 6.54. The highest BCUT2D eigenvalue weighted by atomic mass is 35.5. The minimum absolute atomic E-state index is 0.0543. The largest absolute Gasteiger partial charge is 0.396 e. The minimum Gasteiger partial charge on any atom is -0.396 e. The van der Waals surface area contributed by atoms with E-state index in [1.807, 2.05) is 18.2 Å². The second-order valence-corrected chi connectivity index (χ2v) is 8.21. The van der Waals surface area contributed by atoms with Gasteiger partial charge in [-0.1, -0.05) is 17.7 Å². The molecule has 1 aromatic heterocycles. The maximum Gasteiger partial charge on any atom is 0.129 e. The van der Waals surface area contributed by atoms with Gasteiger partial charge in [-0.3, -0.25) is 0 Å². The topological polar surface area (TPSA) is 39.6 Å². The Morgan fingerprint density at radius 3 is 2.92 bits per heavy atom. The first-order chi connectivity index (χ1) is 12.0. The summed E-state index contributed by atoms with van der Waals surface area (Å²) in [5, 5.41) is 12.0. The van der Waals surface area contributed by atoms with Crippen molar-refractivity contribution >= 4 is 28.3 Å². The van der Waals surface area contributed by atoms with Crippen molar-refractivity contribution in [3.8, 4) is 0 Å². The van der Waals surface area contributed by atoms with Crippen molar-refractivity contribution in [1.29, 1.82) is 0 Å². The van der Waals surface area contributed by atoms with Gasteiger partial charge < -0.3 is 14.9 Å². The lowest BCUT2D eigenvalue weighted by Crippen LogP contribution is -2.61. The molecule has 2 atom stereocenters. The predicted octanol–water partition coefficient (Wildman–Crippen LogP) is 3.48. The van der Waals surface area contributed by atoms with Gasteiger partial charge in [-0.25, -0.2) is 4.98 Å². The van der Waals surface area contributed by atoms with Gasteiger partial charge in [-0.05, 0) is 63.5 Å². The third kappa shape index (κ3) is 2.90. The Hall–Kier alpha value is -1.36. The van der Waals surface area contributed by atoms with Crippen LogP contribution in [0.1, 0.15) is 24.8 Å². The Morgan fingerprint density at radius 1 is 1.28 bits per heavy atom. The number of anilines is 1. The van der Waals surface area contributed by atoms with Crippen LogP contribution < -0.4 is 4.90 Å². The maximum absolute atomic E-state index is 10.1. The number of pyridine rings is 1. The van der Waals surface area contributed by atoms with Crippen molar-refractivity contribution in [3.05, 3.63) is 34.9 Å². The predicted molar refractivity (Wildman–Crippen MR) is 103 cm³/mol. The lowest BCUT2D eigenvalue weighted by atomic mass is 9.69. The van der Waals surface area contributed by atoms with Gasteiger partial charge in [0.2, 0.25) is 0 Å². The molecular weight excluding hydrogens is 334 g/mol. The average molecular weight is 360 g/mol. The summed E-state index contributed by atoms with van der Waals surface area (Å²) >= 11 is 6.17. The fourth-order valence-electron chi connectivity index (χ4n) is 4.74. The van der Waals surface area contributed by atoms with Gasteiger partial charge in [-0.15, -0.1) is 0 Å². The van der Waals surface area contributed by atoms with E-state index in [-0.39, 0.29) is 12.0 Å². The number of nitrogens with zero attached hydrogens (tertiary/aromatic N) is 3. The highest BCUT2D eigenvalue weighted by Crippen LogP contribution is 2.42. The van der Waals surface area contributed by atoms with Gasteiger partial charge in [0.15, 0.2) is 0 Å². The van der Waals surface area contributed by atoms with Gasteiger partial charge >= 0.3 is 0 Å². The number of fused-ring (bicyclic) bond motifs is 2. The van der Waals surface area contributed by atoms with E-state index in [2.05, 4.69) is 29.8 Å². The fourth-order valence-corrected chi connectivity index (χ4v) is 4.91. The molecule has 2 aliphatic heterocycles. The quantitative estimate of drug-likeness (QED) is 0.891. The van der Waals surface area contributed by atoms with Crippen molar-refractivity contribution in [2.45, 2.75) is 32.2 Å². The first kappa shape index (κ1) is 17.1. The molecule has 5 heteroatoms. The first-order valence-electron chi connectivity index (χ1n) is 9.15. The van der Waals surface area contributed by atoms with Crippen LogP contribution in [0, 0.1) is 12.3 Å². The van der Waals surface area contributed by atoms with Crippen molar-refractivity contribution in [3.63, 3.8) is 0 Å². The molecule has 0 unspecified atom stereocenters. The van der Waals surface area contributed by atoms with Crippen molar-refractivity contribution < 1.29 is 5.11 Å². The molecule has 1 aromatic carbocycles. The lowest BCUT2D eigenvalue weighted by Gasteiger charge is -2.53. The number of likely N-dealkylation sites (tertiary alicyclic amines) is 1. The van der Waals surface area contributed by atoms with E-state index in [1.54, 1.807) is 0 Å². The summed E-state index contributed by atoms with van der Waals surface area (Å²) in [6.07, 6.45) is 3.33. The molecule has 4 rings (SSSR count). The average Bonchev–Trinajstić information content (AvgIpc) is 2.61. The first-order valence-corrected chi connectivity index (χ1v) is 9.53. The van der Waals surface area contributed by atoms with E-state index in [9.17, 15) is 5.11 Å². The molecule has 2 aromatic rings. The molecular formula is C20H26ClN3O. The molecule has 0 radical (unpaired) electrons. The molecule has 0 aliphatic carbocycles. The van der Waals surface area contributed by atoms with E-state index in [4.69, 9.17) is 16.6 Å². The summed E-state index contributed by atoms with van der Waals surface area (Å²) in [5.74, 6) is 1.03. The van der Waals surface area contributed by atoms with Gasteiger partial charge in [0.25, 0.3) is 0 Å². The Kier molecular flexibility index (Phi) is 4.38. The monoisotopic (exact) mass is 359 g/mol. The standard InChI is InChI=1S/C20H26ClN3O/c1-14-10-19(22-17-11-15(21)4-5-16(14)17)24-9-7-20(13-25)6-3-8-23(2)18(20)12-24/h4-5,10-11,18,25H,3,6-9,12-13H2,1-2H3/t18-,20-/m1/s1. The summed E-state index contributed by atoms with van der Waals surface area (Å²) < 4.78 is 0. The zero-order valence-corrected chi connectivity index (χ0v) is 15.8. The van der Waals surface area contributed by atoms with E-state index < -0.39 is 0 Å². The van der Waals surface area contributed by atoms with E-state index in [0.717, 1.165) is 54.2 Å². The normalized spacial score (nSPS) is 27.5. The van der Waals surface area contributed by atoms with Crippen LogP contribution in [0.5, 0.6) is 0 Å². The Morgan fingerprint density at radius 2 is 2.12 bits per heavy atom. The van der Waals surface area contributed by atoms with E-state index in [0.29, 0.717) is 6.04 Å². The summed E-state index contributed by atoms with van der Waals surface area (Å²) in [4.78, 5) is 9.70. The molecule has 0 saturated carbocycles. The van der Waals surface area contributed by atoms with E-state index >= 15 is 0 Å². The lowest BCUT2D eigenvalue weighted by molar-refractivity contribution is -0.0277. The molecule has 2 fully saturated rings. The zero-order chi connectivity index (χ0) is 17.6.